The zero-order valence-electron chi connectivity index (χ0n) is 30.6. The second kappa shape index (κ2) is 13.2. The summed E-state index contributed by atoms with van der Waals surface area (Å²) in [6.45, 7) is 0. The van der Waals surface area contributed by atoms with E-state index in [1.807, 2.05) is 6.07 Å². The lowest BCUT2D eigenvalue weighted by atomic mass is 9.90. The molecule has 0 aliphatic carbocycles. The number of anilines is 3. The third kappa shape index (κ3) is 5.42. The molecule has 11 rings (SSSR count). The van der Waals surface area contributed by atoms with Gasteiger partial charge in [-0.2, -0.15) is 0 Å². The molecule has 0 atom stereocenters. The van der Waals surface area contributed by atoms with Gasteiger partial charge in [0.25, 0.3) is 0 Å². The van der Waals surface area contributed by atoms with Gasteiger partial charge in [0.15, 0.2) is 0 Å². The van der Waals surface area contributed by atoms with Crippen molar-refractivity contribution in [1.82, 2.24) is 0 Å². The monoisotopic (exact) mass is 713 g/mol. The highest BCUT2D eigenvalue weighted by atomic mass is 16.5. The van der Waals surface area contributed by atoms with Crippen molar-refractivity contribution in [3.63, 3.8) is 0 Å². The molecule has 2 heteroatoms. The van der Waals surface area contributed by atoms with E-state index in [1.165, 1.54) is 49.4 Å². The van der Waals surface area contributed by atoms with Gasteiger partial charge in [0.05, 0.1) is 5.69 Å². The van der Waals surface area contributed by atoms with E-state index in [1.54, 1.807) is 0 Å². The van der Waals surface area contributed by atoms with Crippen LogP contribution in [0.1, 0.15) is 0 Å². The predicted molar refractivity (Wildman–Crippen MR) is 235 cm³/mol. The summed E-state index contributed by atoms with van der Waals surface area (Å²) in [6.07, 6.45) is 0. The predicted octanol–water partition coefficient (Wildman–Crippen LogP) is 15.4. The van der Waals surface area contributed by atoms with Crippen molar-refractivity contribution in [1.29, 1.82) is 0 Å². The zero-order valence-corrected chi connectivity index (χ0v) is 30.6. The van der Waals surface area contributed by atoms with Gasteiger partial charge in [-0.15, -0.1) is 0 Å². The van der Waals surface area contributed by atoms with Crippen LogP contribution in [-0.2, 0) is 0 Å². The van der Waals surface area contributed by atoms with Crippen LogP contribution in [0.15, 0.2) is 212 Å². The van der Waals surface area contributed by atoms with Crippen LogP contribution in [0.2, 0.25) is 0 Å². The van der Waals surface area contributed by atoms with E-state index in [0.29, 0.717) is 0 Å². The van der Waals surface area contributed by atoms with Gasteiger partial charge in [-0.1, -0.05) is 152 Å². The lowest BCUT2D eigenvalue weighted by Gasteiger charge is -2.29. The van der Waals surface area contributed by atoms with Gasteiger partial charge >= 0.3 is 0 Å². The van der Waals surface area contributed by atoms with Crippen molar-refractivity contribution in [3.05, 3.63) is 212 Å². The SMILES string of the molecule is c1ccc2c(c1)Oc1cccc3cc(-c4ccccc4N(c4ccc(-c5ccc6ccccc6c5)cc4)c4ccc(-c5cccc6ccccc56)cc4)cc-2c13. The summed E-state index contributed by atoms with van der Waals surface area (Å²) in [5, 5.41) is 7.29. The van der Waals surface area contributed by atoms with Gasteiger partial charge in [-0.3, -0.25) is 0 Å². The number of benzene rings is 10. The third-order valence-electron chi connectivity index (χ3n) is 11.2. The minimum atomic E-state index is 0.886. The van der Waals surface area contributed by atoms with Crippen LogP contribution in [0.3, 0.4) is 0 Å². The van der Waals surface area contributed by atoms with Crippen molar-refractivity contribution < 1.29 is 4.74 Å². The fourth-order valence-corrected chi connectivity index (χ4v) is 8.52. The Bertz CT molecular complexity index is 3100. The van der Waals surface area contributed by atoms with Gasteiger partial charge in [-0.25, -0.2) is 0 Å². The summed E-state index contributed by atoms with van der Waals surface area (Å²) in [5.74, 6) is 1.78. The van der Waals surface area contributed by atoms with Crippen LogP contribution in [0.25, 0.3) is 76.8 Å². The molecule has 1 aliphatic heterocycles. The molecule has 10 aromatic carbocycles. The van der Waals surface area contributed by atoms with E-state index in [4.69, 9.17) is 4.74 Å². The second-order valence-electron chi connectivity index (χ2n) is 14.5. The summed E-state index contributed by atoms with van der Waals surface area (Å²) in [5.41, 5.74) is 12.7. The molecular weight excluding hydrogens is 679 g/mol. The van der Waals surface area contributed by atoms with Crippen molar-refractivity contribution in [2.45, 2.75) is 0 Å². The Balaban J connectivity index is 1.07. The second-order valence-corrected chi connectivity index (χ2v) is 14.5. The summed E-state index contributed by atoms with van der Waals surface area (Å²) in [7, 11) is 0. The number of para-hydroxylation sites is 2. The van der Waals surface area contributed by atoms with E-state index in [2.05, 4.69) is 211 Å². The van der Waals surface area contributed by atoms with Crippen LogP contribution in [0.4, 0.5) is 17.1 Å². The molecule has 0 radical (unpaired) electrons. The molecule has 0 N–H and O–H groups in total. The van der Waals surface area contributed by atoms with Crippen molar-refractivity contribution in [2.75, 3.05) is 4.90 Å². The molecule has 0 aromatic heterocycles. The highest BCUT2D eigenvalue weighted by Crippen LogP contribution is 2.49. The molecule has 2 nitrogen and oxygen atoms in total. The fourth-order valence-electron chi connectivity index (χ4n) is 8.52. The molecule has 0 fully saturated rings. The highest BCUT2D eigenvalue weighted by Gasteiger charge is 2.23. The lowest BCUT2D eigenvalue weighted by Crippen LogP contribution is -2.11. The van der Waals surface area contributed by atoms with Crippen LogP contribution >= 0.6 is 0 Å². The number of rotatable bonds is 6. The Morgan fingerprint density at radius 2 is 0.875 bits per heavy atom. The van der Waals surface area contributed by atoms with Crippen LogP contribution in [0, 0.1) is 0 Å². The highest BCUT2D eigenvalue weighted by molar-refractivity contribution is 6.07. The molecule has 0 unspecified atom stereocenters. The summed E-state index contributed by atoms with van der Waals surface area (Å²) < 4.78 is 6.39. The molecule has 0 saturated carbocycles. The minimum Gasteiger partial charge on any atom is -0.456 e. The first kappa shape index (κ1) is 32.0. The topological polar surface area (TPSA) is 12.5 Å². The molecule has 0 bridgehead atoms. The van der Waals surface area contributed by atoms with Gasteiger partial charge in [-0.05, 0) is 121 Å². The van der Waals surface area contributed by atoms with E-state index in [-0.39, 0.29) is 0 Å². The molecular formula is C54H35NO. The number of ether oxygens (including phenoxy) is 1. The zero-order chi connectivity index (χ0) is 37.0. The van der Waals surface area contributed by atoms with Crippen LogP contribution in [0.5, 0.6) is 11.5 Å². The molecule has 262 valence electrons. The minimum absolute atomic E-state index is 0.886. The van der Waals surface area contributed by atoms with Gasteiger partial charge < -0.3 is 9.64 Å². The van der Waals surface area contributed by atoms with E-state index in [0.717, 1.165) is 56.0 Å². The van der Waals surface area contributed by atoms with Crippen molar-refractivity contribution in [3.8, 4) is 56.0 Å². The normalized spacial score (nSPS) is 11.7. The van der Waals surface area contributed by atoms with Gasteiger partial charge in [0, 0.05) is 27.9 Å². The maximum atomic E-state index is 6.39. The Morgan fingerprint density at radius 1 is 0.304 bits per heavy atom. The first-order valence-electron chi connectivity index (χ1n) is 19.2. The standard InChI is InChI=1S/C54H35NO/c1-2-13-40-33-41(24-23-36(40)11-1)37-25-29-44(30-26-37)55(45-31-27-39(28-32-45)47-19-9-14-38-12-3-4-16-46(38)47)51-20-7-5-17-48(51)43-34-42-15-10-22-53-54(42)50(35-43)49-18-6-8-21-52(49)56-53/h1-35H. The Morgan fingerprint density at radius 3 is 1.71 bits per heavy atom. The lowest BCUT2D eigenvalue weighted by molar-refractivity contribution is 0.487. The Kier molecular flexibility index (Phi) is 7.53. The Hall–Kier alpha value is -7.42. The van der Waals surface area contributed by atoms with Gasteiger partial charge in [0.2, 0.25) is 0 Å². The largest absolute Gasteiger partial charge is 0.456 e. The average Bonchev–Trinajstić information content (AvgIpc) is 3.27. The maximum absolute atomic E-state index is 6.39. The van der Waals surface area contributed by atoms with E-state index >= 15 is 0 Å². The molecule has 1 heterocycles. The fraction of sp³-hybridized carbons (Fsp3) is 0. The smallest absolute Gasteiger partial charge is 0.135 e. The molecule has 0 saturated heterocycles. The summed E-state index contributed by atoms with van der Waals surface area (Å²) in [6, 6.07) is 76.6. The Labute approximate surface area is 326 Å². The van der Waals surface area contributed by atoms with Gasteiger partial charge in [0.1, 0.15) is 11.5 Å². The maximum Gasteiger partial charge on any atom is 0.135 e. The number of hydrogen-bond donors (Lipinski definition) is 0. The van der Waals surface area contributed by atoms with Crippen molar-refractivity contribution in [2.24, 2.45) is 0 Å². The quantitative estimate of drug-likeness (QED) is 0.170. The van der Waals surface area contributed by atoms with Crippen LogP contribution < -0.4 is 9.64 Å². The van der Waals surface area contributed by atoms with Crippen LogP contribution in [-0.4, -0.2) is 0 Å². The number of hydrogen-bond acceptors (Lipinski definition) is 2. The first-order valence-corrected chi connectivity index (χ1v) is 19.2. The molecule has 56 heavy (non-hydrogen) atoms. The summed E-state index contributed by atoms with van der Waals surface area (Å²) in [4.78, 5) is 2.40. The third-order valence-corrected chi connectivity index (χ3v) is 11.2. The molecule has 0 amide bonds. The van der Waals surface area contributed by atoms with Crippen molar-refractivity contribution >= 4 is 49.4 Å². The molecule has 1 aliphatic rings. The summed E-state index contributed by atoms with van der Waals surface area (Å²) >= 11 is 0. The molecule has 0 spiro atoms. The van der Waals surface area contributed by atoms with E-state index < -0.39 is 0 Å². The van der Waals surface area contributed by atoms with E-state index in [9.17, 15) is 0 Å². The molecule has 10 aromatic rings. The number of nitrogens with zero attached hydrogens (tertiary/aromatic N) is 1. The number of fused-ring (bicyclic) bond motifs is 4. The average molecular weight is 714 g/mol. The first-order chi connectivity index (χ1) is 27.7.